The summed E-state index contributed by atoms with van der Waals surface area (Å²) in [6.45, 7) is 11.7. The van der Waals surface area contributed by atoms with Gasteiger partial charge in [-0.25, -0.2) is 8.75 Å². The number of carbonyl (C=O) groups is 1. The summed E-state index contributed by atoms with van der Waals surface area (Å²) in [4.78, 5) is 23.6. The normalized spacial score (nSPS) is 45.4. The molecule has 6 N–H and O–H groups in total. The molecule has 52 heavy (non-hydrogen) atoms. The van der Waals surface area contributed by atoms with Gasteiger partial charge in [-0.15, -0.1) is 0 Å². The summed E-state index contributed by atoms with van der Waals surface area (Å²) in [6, 6.07) is 0. The number of esters is 1. The van der Waals surface area contributed by atoms with E-state index < -0.39 is 79.1 Å². The summed E-state index contributed by atoms with van der Waals surface area (Å²) in [7, 11) is -9.90. The monoisotopic (exact) mass is 784 g/mol. The van der Waals surface area contributed by atoms with Gasteiger partial charge in [0.2, 0.25) is 0 Å². The minimum Gasteiger partial charge on any atom is -0.462 e. The second-order valence-corrected chi connectivity index (χ2v) is 19.7. The van der Waals surface area contributed by atoms with Gasteiger partial charge in [-0.2, -0.15) is 8.42 Å². The molecule has 4 aliphatic carbocycles. The SMILES string of the molecule is CC(=O)O[C@H]1C[C@H]2[C@@H]3C[C@H](OP(=O)(O)O[C@@H]4O[C@H](CO)[C@@H](O)[C@H](O)[C@H]4O)[C@H]4C[C@@H](OS(=O)(=O)O)CC[C@]4(C)[C@H]3CC[C@]2(C)[C@H]1[C@H](C)CCCC(C)C. The molecular formula is C35H61O15PS. The van der Waals surface area contributed by atoms with E-state index in [4.69, 9.17) is 22.7 Å². The van der Waals surface area contributed by atoms with Crippen molar-refractivity contribution in [2.24, 2.45) is 52.3 Å². The quantitative estimate of drug-likeness (QED) is 0.0887. The molecule has 0 aromatic carbocycles. The molecule has 4 saturated carbocycles. The maximum Gasteiger partial charge on any atom is 0.474 e. The van der Waals surface area contributed by atoms with Crippen LogP contribution in [0.3, 0.4) is 0 Å². The molecule has 15 nitrogen and oxygen atoms in total. The van der Waals surface area contributed by atoms with Crippen LogP contribution in [0.5, 0.6) is 0 Å². The Bertz CT molecular complexity index is 1410. The van der Waals surface area contributed by atoms with E-state index in [1.54, 1.807) is 0 Å². The number of phosphoric ester groups is 1. The number of phosphoric acid groups is 1. The Kier molecular flexibility index (Phi) is 13.1. The number of aliphatic hydroxyl groups is 4. The van der Waals surface area contributed by atoms with Gasteiger partial charge in [0, 0.05) is 12.8 Å². The Morgan fingerprint density at radius 2 is 1.58 bits per heavy atom. The maximum absolute atomic E-state index is 13.8. The lowest BCUT2D eigenvalue weighted by Crippen LogP contribution is -2.59. The van der Waals surface area contributed by atoms with Crippen molar-refractivity contribution in [2.75, 3.05) is 6.61 Å². The zero-order chi connectivity index (χ0) is 38.6. The molecule has 5 aliphatic rings. The average molecular weight is 785 g/mol. The molecule has 0 aromatic heterocycles. The van der Waals surface area contributed by atoms with Crippen LogP contribution in [-0.4, -0.2) is 99.9 Å². The Morgan fingerprint density at radius 1 is 0.904 bits per heavy atom. The predicted octanol–water partition coefficient (Wildman–Crippen LogP) is 3.75. The van der Waals surface area contributed by atoms with Crippen molar-refractivity contribution in [1.82, 2.24) is 0 Å². The third-order valence-corrected chi connectivity index (χ3v) is 15.2. The van der Waals surface area contributed by atoms with Crippen LogP contribution in [0.25, 0.3) is 0 Å². The third kappa shape index (κ3) is 8.78. The van der Waals surface area contributed by atoms with Crippen LogP contribution >= 0.6 is 7.82 Å². The maximum atomic E-state index is 13.8. The highest BCUT2D eigenvalue weighted by molar-refractivity contribution is 7.80. The van der Waals surface area contributed by atoms with Gasteiger partial charge >= 0.3 is 24.2 Å². The summed E-state index contributed by atoms with van der Waals surface area (Å²) in [6.07, 6.45) is -4.19. The van der Waals surface area contributed by atoms with Gasteiger partial charge in [0.15, 0.2) is 6.29 Å². The molecule has 302 valence electrons. The van der Waals surface area contributed by atoms with Gasteiger partial charge in [0.1, 0.15) is 30.5 Å². The molecule has 17 atom stereocenters. The van der Waals surface area contributed by atoms with Crippen molar-refractivity contribution in [2.45, 2.75) is 155 Å². The van der Waals surface area contributed by atoms with Gasteiger partial charge in [-0.1, -0.05) is 53.9 Å². The first-order chi connectivity index (χ1) is 24.1. The number of rotatable bonds is 13. The van der Waals surface area contributed by atoms with Crippen LogP contribution in [0.1, 0.15) is 106 Å². The fraction of sp³-hybridized carbons (Fsp3) is 0.971. The topological polar surface area (TPSA) is 236 Å². The zero-order valence-corrected chi connectivity index (χ0v) is 32.9. The van der Waals surface area contributed by atoms with E-state index in [0.717, 1.165) is 32.1 Å². The molecular weight excluding hydrogens is 723 g/mol. The van der Waals surface area contributed by atoms with Crippen LogP contribution in [0.4, 0.5) is 0 Å². The molecule has 0 aromatic rings. The lowest BCUT2D eigenvalue weighted by atomic mass is 9.43. The second-order valence-electron chi connectivity index (χ2n) is 17.3. The summed E-state index contributed by atoms with van der Waals surface area (Å²) >= 11 is 0. The molecule has 0 bridgehead atoms. The Morgan fingerprint density at radius 3 is 2.19 bits per heavy atom. The van der Waals surface area contributed by atoms with Gasteiger partial charge in [-0.3, -0.25) is 18.4 Å². The minimum atomic E-state index is -5.11. The second kappa shape index (κ2) is 16.0. The molecule has 17 heteroatoms. The van der Waals surface area contributed by atoms with Gasteiger partial charge in [-0.05, 0) is 91.3 Å². The van der Waals surface area contributed by atoms with Crippen LogP contribution in [0.2, 0.25) is 0 Å². The summed E-state index contributed by atoms with van der Waals surface area (Å²) in [5.74, 6) is 0.313. The lowest BCUT2D eigenvalue weighted by Gasteiger charge is -2.62. The lowest BCUT2D eigenvalue weighted by molar-refractivity contribution is -0.282. The van der Waals surface area contributed by atoms with Gasteiger partial charge in [0.25, 0.3) is 0 Å². The molecule has 0 spiro atoms. The molecule has 1 unspecified atom stereocenters. The number of ether oxygens (including phenoxy) is 2. The molecule has 1 heterocycles. The summed E-state index contributed by atoms with van der Waals surface area (Å²) in [5.41, 5.74) is -0.706. The molecule has 5 rings (SSSR count). The minimum absolute atomic E-state index is 0.0257. The first-order valence-electron chi connectivity index (χ1n) is 18.9. The van der Waals surface area contributed by atoms with Crippen molar-refractivity contribution < 1.29 is 70.4 Å². The van der Waals surface area contributed by atoms with Crippen molar-refractivity contribution in [3.8, 4) is 0 Å². The van der Waals surface area contributed by atoms with Crippen molar-refractivity contribution in [3.05, 3.63) is 0 Å². The highest BCUT2D eigenvalue weighted by Gasteiger charge is 2.66. The van der Waals surface area contributed by atoms with E-state index in [0.29, 0.717) is 31.6 Å². The zero-order valence-electron chi connectivity index (χ0n) is 31.2. The van der Waals surface area contributed by atoms with E-state index in [2.05, 4.69) is 34.6 Å². The van der Waals surface area contributed by atoms with E-state index in [1.165, 1.54) is 6.92 Å². The standard InChI is InChI=1S/C35H61O15PS/c1-18(2)8-7-9-19(3)29-27(46-20(4)37)16-24-22-15-26(48-51(41,42)49-33-32(40)31(39)30(38)28(17-36)47-33)25-14-21(50-52(43,44)45)10-12-34(25,5)23(22)11-13-35(24,29)6/h18-19,21-33,36,38-40H,7-17H2,1-6H3,(H,41,42)(H,43,44,45)/t19-,21+,22-,23+,24+,25-,26+,27+,28-,29+,30-,31+,32-,33+,34-,35+/m1/s1. The van der Waals surface area contributed by atoms with Gasteiger partial charge < -0.3 is 34.8 Å². The number of fused-ring (bicyclic) bond motifs is 5. The molecule has 0 radical (unpaired) electrons. The van der Waals surface area contributed by atoms with Crippen LogP contribution < -0.4 is 0 Å². The number of aliphatic hydroxyl groups excluding tert-OH is 4. The van der Waals surface area contributed by atoms with Gasteiger partial charge in [0.05, 0.1) is 18.8 Å². The number of hydrogen-bond donors (Lipinski definition) is 6. The molecule has 5 fully saturated rings. The summed E-state index contributed by atoms with van der Waals surface area (Å²) in [5, 5.41) is 40.5. The average Bonchev–Trinajstić information content (AvgIpc) is 3.32. The van der Waals surface area contributed by atoms with Crippen molar-refractivity contribution in [1.29, 1.82) is 0 Å². The van der Waals surface area contributed by atoms with Crippen molar-refractivity contribution in [3.63, 3.8) is 0 Å². The third-order valence-electron chi connectivity index (χ3n) is 13.7. The van der Waals surface area contributed by atoms with E-state index in [-0.39, 0.29) is 53.5 Å². The Balaban J connectivity index is 1.46. The number of hydrogen-bond acceptors (Lipinski definition) is 13. The Hall–Kier alpha value is -0.750. The van der Waals surface area contributed by atoms with E-state index in [1.807, 2.05) is 0 Å². The summed E-state index contributed by atoms with van der Waals surface area (Å²) < 4.78 is 74.5. The van der Waals surface area contributed by atoms with E-state index >= 15 is 0 Å². The van der Waals surface area contributed by atoms with Crippen molar-refractivity contribution >= 4 is 24.2 Å². The number of carbonyl (C=O) groups excluding carboxylic acids is 1. The Labute approximate surface area is 307 Å². The van der Waals surface area contributed by atoms with E-state index in [9.17, 15) is 47.6 Å². The first-order valence-corrected chi connectivity index (χ1v) is 21.8. The molecule has 1 aliphatic heterocycles. The van der Waals surface area contributed by atoms with Crippen LogP contribution in [0.15, 0.2) is 0 Å². The molecule has 1 saturated heterocycles. The van der Waals surface area contributed by atoms with Crippen LogP contribution in [0, 0.1) is 52.3 Å². The predicted molar refractivity (Wildman–Crippen MR) is 185 cm³/mol. The highest BCUT2D eigenvalue weighted by Crippen LogP contribution is 2.70. The fourth-order valence-corrected chi connectivity index (χ4v) is 13.1. The smallest absolute Gasteiger partial charge is 0.462 e. The largest absolute Gasteiger partial charge is 0.474 e. The van der Waals surface area contributed by atoms with Crippen LogP contribution in [-0.2, 0) is 42.5 Å². The fourth-order valence-electron chi connectivity index (χ4n) is 11.5. The highest BCUT2D eigenvalue weighted by atomic mass is 32.3. The first kappa shape index (κ1) is 42.4. The molecule has 0 amide bonds.